The molecular formula is C17H18O4. The Hall–Kier alpha value is -2.25. The third kappa shape index (κ3) is 4.37. The molecule has 4 nitrogen and oxygen atoms in total. The van der Waals surface area contributed by atoms with Gasteiger partial charge < -0.3 is 14.6 Å². The van der Waals surface area contributed by atoms with Gasteiger partial charge in [-0.2, -0.15) is 0 Å². The molecule has 0 atom stereocenters. The molecule has 1 fully saturated rings. The van der Waals surface area contributed by atoms with Crippen molar-refractivity contribution in [3.63, 3.8) is 0 Å². The minimum absolute atomic E-state index is 0.0320. The van der Waals surface area contributed by atoms with Crippen LogP contribution in [0.3, 0.4) is 0 Å². The largest absolute Gasteiger partial charge is 0.463 e. The van der Waals surface area contributed by atoms with Crippen LogP contribution >= 0.6 is 0 Å². The summed E-state index contributed by atoms with van der Waals surface area (Å²) in [6, 6.07) is 5.60. The maximum Gasteiger partial charge on any atom is 0.373 e. The summed E-state index contributed by atoms with van der Waals surface area (Å²) < 4.78 is 10.2. The summed E-state index contributed by atoms with van der Waals surface area (Å²) in [5, 5.41) is 8.95. The summed E-state index contributed by atoms with van der Waals surface area (Å²) in [6.07, 6.45) is 3.62. The summed E-state index contributed by atoms with van der Waals surface area (Å²) in [5.74, 6) is 6.68. The van der Waals surface area contributed by atoms with Crippen molar-refractivity contribution in [1.29, 1.82) is 0 Å². The summed E-state index contributed by atoms with van der Waals surface area (Å²) in [7, 11) is 1.27. The Kier molecular flexibility index (Phi) is 5.02. The second kappa shape index (κ2) is 6.96. The van der Waals surface area contributed by atoms with Gasteiger partial charge in [0.15, 0.2) is 0 Å². The monoisotopic (exact) mass is 286 g/mol. The van der Waals surface area contributed by atoms with Crippen molar-refractivity contribution in [2.75, 3.05) is 13.7 Å². The predicted molar refractivity (Wildman–Crippen MR) is 78.6 cm³/mol. The molecular weight excluding hydrogens is 268 g/mol. The standard InChI is InChI=1S/C17H18O4/c1-12-3-4-14(8-7-13-5-6-13)11-16(12)21-15(9-10-18)17(19)20-2/h3-4,9,11,13,18H,5-6,10H2,1-2H3/b15-9-. The lowest BCUT2D eigenvalue weighted by atomic mass is 10.1. The van der Waals surface area contributed by atoms with Crippen LogP contribution in [0, 0.1) is 24.7 Å². The van der Waals surface area contributed by atoms with E-state index in [1.165, 1.54) is 26.0 Å². The molecule has 0 bridgehead atoms. The highest BCUT2D eigenvalue weighted by atomic mass is 16.6. The maximum atomic E-state index is 11.6. The Labute approximate surface area is 124 Å². The molecule has 0 unspecified atom stereocenters. The Balaban J connectivity index is 2.21. The van der Waals surface area contributed by atoms with Crippen molar-refractivity contribution in [3.05, 3.63) is 41.2 Å². The number of aryl methyl sites for hydroxylation is 1. The molecule has 0 saturated heterocycles. The highest BCUT2D eigenvalue weighted by Gasteiger charge is 2.18. The normalized spacial score (nSPS) is 14.1. The predicted octanol–water partition coefficient (Wildman–Crippen LogP) is 2.18. The van der Waals surface area contributed by atoms with E-state index in [2.05, 4.69) is 16.6 Å². The molecule has 1 aliphatic rings. The van der Waals surface area contributed by atoms with Crippen molar-refractivity contribution < 1.29 is 19.4 Å². The molecule has 21 heavy (non-hydrogen) atoms. The first-order chi connectivity index (χ1) is 10.1. The van der Waals surface area contributed by atoms with E-state index in [1.807, 2.05) is 19.1 Å². The van der Waals surface area contributed by atoms with Crippen LogP contribution in [0.2, 0.25) is 0 Å². The summed E-state index contributed by atoms with van der Waals surface area (Å²) in [4.78, 5) is 11.6. The minimum atomic E-state index is -0.627. The molecule has 0 heterocycles. The zero-order valence-electron chi connectivity index (χ0n) is 12.2. The third-order valence-electron chi connectivity index (χ3n) is 3.07. The number of hydrogen-bond acceptors (Lipinski definition) is 4. The van der Waals surface area contributed by atoms with Gasteiger partial charge in [0, 0.05) is 11.5 Å². The van der Waals surface area contributed by atoms with Gasteiger partial charge in [0.25, 0.3) is 0 Å². The van der Waals surface area contributed by atoms with Crippen LogP contribution < -0.4 is 4.74 Å². The van der Waals surface area contributed by atoms with Gasteiger partial charge in [0.1, 0.15) is 5.75 Å². The number of hydrogen-bond donors (Lipinski definition) is 1. The lowest BCUT2D eigenvalue weighted by Crippen LogP contribution is -2.12. The van der Waals surface area contributed by atoms with E-state index in [4.69, 9.17) is 9.84 Å². The average molecular weight is 286 g/mol. The third-order valence-corrected chi connectivity index (χ3v) is 3.07. The molecule has 0 amide bonds. The van der Waals surface area contributed by atoms with E-state index in [1.54, 1.807) is 6.07 Å². The van der Waals surface area contributed by atoms with Gasteiger partial charge >= 0.3 is 5.97 Å². The molecule has 0 radical (unpaired) electrons. The summed E-state index contributed by atoms with van der Waals surface area (Å²) in [6.45, 7) is 1.58. The lowest BCUT2D eigenvalue weighted by molar-refractivity contribution is -0.138. The number of benzene rings is 1. The molecule has 2 rings (SSSR count). The van der Waals surface area contributed by atoms with E-state index in [9.17, 15) is 4.79 Å². The molecule has 1 aliphatic carbocycles. The number of ether oxygens (including phenoxy) is 2. The van der Waals surface area contributed by atoms with Crippen molar-refractivity contribution in [3.8, 4) is 17.6 Å². The smallest absolute Gasteiger partial charge is 0.373 e. The van der Waals surface area contributed by atoms with E-state index in [0.29, 0.717) is 11.7 Å². The highest BCUT2D eigenvalue weighted by Crippen LogP contribution is 2.28. The van der Waals surface area contributed by atoms with Crippen molar-refractivity contribution in [2.45, 2.75) is 19.8 Å². The van der Waals surface area contributed by atoms with E-state index < -0.39 is 5.97 Å². The zero-order valence-corrected chi connectivity index (χ0v) is 12.2. The fourth-order valence-electron chi connectivity index (χ4n) is 1.67. The molecule has 1 N–H and O–H groups in total. The molecule has 0 aliphatic heterocycles. The van der Waals surface area contributed by atoms with Gasteiger partial charge in [-0.05, 0) is 43.5 Å². The second-order valence-electron chi connectivity index (χ2n) is 4.87. The quantitative estimate of drug-likeness (QED) is 0.399. The first kappa shape index (κ1) is 15.1. The summed E-state index contributed by atoms with van der Waals surface area (Å²) in [5.41, 5.74) is 1.72. The van der Waals surface area contributed by atoms with Gasteiger partial charge in [0.05, 0.1) is 13.7 Å². The van der Waals surface area contributed by atoms with Gasteiger partial charge in [-0.1, -0.05) is 17.9 Å². The van der Waals surface area contributed by atoms with Gasteiger partial charge in [-0.25, -0.2) is 4.79 Å². The topological polar surface area (TPSA) is 55.8 Å². The van der Waals surface area contributed by atoms with Gasteiger partial charge in [-0.15, -0.1) is 0 Å². The highest BCUT2D eigenvalue weighted by molar-refractivity contribution is 5.86. The van der Waals surface area contributed by atoms with Crippen LogP contribution in [-0.2, 0) is 9.53 Å². The van der Waals surface area contributed by atoms with Crippen LogP contribution in [-0.4, -0.2) is 24.8 Å². The molecule has 110 valence electrons. The Bertz CT molecular complexity index is 615. The fourth-order valence-corrected chi connectivity index (χ4v) is 1.67. The lowest BCUT2D eigenvalue weighted by Gasteiger charge is -2.10. The van der Waals surface area contributed by atoms with Crippen LogP contribution in [0.25, 0.3) is 0 Å². The minimum Gasteiger partial charge on any atom is -0.463 e. The van der Waals surface area contributed by atoms with Crippen LogP contribution in [0.1, 0.15) is 24.0 Å². The van der Waals surface area contributed by atoms with E-state index >= 15 is 0 Å². The van der Waals surface area contributed by atoms with E-state index in [-0.39, 0.29) is 12.4 Å². The van der Waals surface area contributed by atoms with Crippen LogP contribution in [0.4, 0.5) is 0 Å². The Morgan fingerprint density at radius 2 is 2.24 bits per heavy atom. The summed E-state index contributed by atoms with van der Waals surface area (Å²) >= 11 is 0. The number of rotatable bonds is 4. The van der Waals surface area contributed by atoms with E-state index in [0.717, 1.165) is 11.1 Å². The molecule has 1 aromatic carbocycles. The van der Waals surface area contributed by atoms with Crippen LogP contribution in [0.15, 0.2) is 30.0 Å². The fraction of sp³-hybridized carbons (Fsp3) is 0.353. The second-order valence-corrected chi connectivity index (χ2v) is 4.87. The molecule has 4 heteroatoms. The number of esters is 1. The number of carbonyl (C=O) groups is 1. The molecule has 1 aromatic rings. The number of aliphatic hydroxyl groups is 1. The molecule has 0 spiro atoms. The molecule has 1 saturated carbocycles. The number of aliphatic hydroxyl groups excluding tert-OH is 1. The first-order valence-electron chi connectivity index (χ1n) is 6.83. The number of carbonyl (C=O) groups excluding carboxylic acids is 1. The molecule has 0 aromatic heterocycles. The SMILES string of the molecule is COC(=O)/C(=C/CO)Oc1cc(C#CC2CC2)ccc1C. The Morgan fingerprint density at radius 1 is 1.48 bits per heavy atom. The first-order valence-corrected chi connectivity index (χ1v) is 6.83. The van der Waals surface area contributed by atoms with Crippen molar-refractivity contribution >= 4 is 5.97 Å². The maximum absolute atomic E-state index is 11.6. The van der Waals surface area contributed by atoms with Gasteiger partial charge in [0.2, 0.25) is 5.76 Å². The van der Waals surface area contributed by atoms with Crippen LogP contribution in [0.5, 0.6) is 5.75 Å². The van der Waals surface area contributed by atoms with Crippen molar-refractivity contribution in [1.82, 2.24) is 0 Å². The average Bonchev–Trinajstić information content (AvgIpc) is 3.30. The van der Waals surface area contributed by atoms with Crippen molar-refractivity contribution in [2.24, 2.45) is 5.92 Å². The van der Waals surface area contributed by atoms with Gasteiger partial charge in [-0.3, -0.25) is 0 Å². The number of methoxy groups -OCH3 is 1. The Morgan fingerprint density at radius 3 is 2.86 bits per heavy atom. The zero-order chi connectivity index (χ0) is 15.2.